The molecule has 0 aromatic heterocycles. The van der Waals surface area contributed by atoms with Crippen LogP contribution >= 0.6 is 0 Å². The Morgan fingerprint density at radius 1 is 1.03 bits per heavy atom. The maximum Gasteiger partial charge on any atom is 0.169 e. The molecule has 4 aliphatic heterocycles. The van der Waals surface area contributed by atoms with Gasteiger partial charge in [0.05, 0.1) is 32.1 Å². The van der Waals surface area contributed by atoms with E-state index in [9.17, 15) is 0 Å². The van der Waals surface area contributed by atoms with Crippen molar-refractivity contribution >= 4 is 27.5 Å². The summed E-state index contributed by atoms with van der Waals surface area (Å²) in [6.07, 6.45) is 8.10. The highest BCUT2D eigenvalue weighted by molar-refractivity contribution is 6.10. The van der Waals surface area contributed by atoms with Gasteiger partial charge in [0, 0.05) is 47.7 Å². The number of nitrogens with zero attached hydrogens (tertiary/aromatic N) is 4. The number of aromatic nitrogens is 2. The fourth-order valence-corrected chi connectivity index (χ4v) is 6.18. The second-order valence-corrected chi connectivity index (χ2v) is 9.96. The summed E-state index contributed by atoms with van der Waals surface area (Å²) < 4.78 is 29.9. The first-order valence-electron chi connectivity index (χ1n) is 12.3. The average molecular weight is 461 g/mol. The summed E-state index contributed by atoms with van der Waals surface area (Å²) in [5.41, 5.74) is 4.18. The average Bonchev–Trinajstić information content (AvgIpc) is 3.50. The summed E-state index contributed by atoms with van der Waals surface area (Å²) in [7, 11) is 3.33. The predicted molar refractivity (Wildman–Crippen MR) is 132 cm³/mol. The molecule has 176 valence electrons. The van der Waals surface area contributed by atoms with Gasteiger partial charge in [-0.15, -0.1) is 0 Å². The van der Waals surface area contributed by atoms with Gasteiger partial charge in [-0.3, -0.25) is 4.90 Å². The Hall–Kier alpha value is -3.06. The van der Waals surface area contributed by atoms with Gasteiger partial charge in [-0.05, 0) is 37.8 Å². The van der Waals surface area contributed by atoms with E-state index in [4.69, 9.17) is 14.5 Å². The maximum absolute atomic E-state index is 16.0. The number of benzene rings is 2. The zero-order chi connectivity index (χ0) is 23.0. The van der Waals surface area contributed by atoms with Crippen molar-refractivity contribution in [2.75, 3.05) is 38.9 Å². The van der Waals surface area contributed by atoms with Crippen LogP contribution in [0.5, 0.6) is 11.5 Å². The van der Waals surface area contributed by atoms with Gasteiger partial charge in [-0.1, -0.05) is 18.6 Å². The van der Waals surface area contributed by atoms with Crippen LogP contribution in [0.2, 0.25) is 0 Å². The molecule has 1 saturated carbocycles. The SMILES string of the molecule is COc1cccc2c3cn(C4CC4)c4c(OC)c(N5CC6CCCCN6C5)c(F)cc4c-3nc12. The smallest absolute Gasteiger partial charge is 0.169 e. The molecule has 5 aliphatic rings. The largest absolute Gasteiger partial charge is 0.494 e. The number of anilines is 1. The third-order valence-corrected chi connectivity index (χ3v) is 7.95. The van der Waals surface area contributed by atoms with Crippen LogP contribution in [0.15, 0.2) is 30.5 Å². The molecule has 34 heavy (non-hydrogen) atoms. The molecule has 7 heteroatoms. The standard InChI is InChI=1S/C27H29FN4O2/c1-33-22-8-5-7-18-20-14-32(16-9-10-16)25-19(23(20)29-24(18)22)12-21(28)26(27(25)34-2)31-13-17-6-3-4-11-30(17)15-31/h5,7-8,12,14,16-17H,3-4,6,9-11,13,15H2,1-2H3. The van der Waals surface area contributed by atoms with E-state index in [-0.39, 0.29) is 5.82 Å². The molecule has 6 nitrogen and oxygen atoms in total. The van der Waals surface area contributed by atoms with E-state index < -0.39 is 0 Å². The number of para-hydroxylation sites is 1. The summed E-state index contributed by atoms with van der Waals surface area (Å²) in [6.45, 7) is 2.69. The maximum atomic E-state index is 16.0. The minimum atomic E-state index is -0.238. The third-order valence-electron chi connectivity index (χ3n) is 7.95. The lowest BCUT2D eigenvalue weighted by atomic mass is 10.0. The molecular formula is C27H29FN4O2. The lowest BCUT2D eigenvalue weighted by Gasteiger charge is -2.27. The van der Waals surface area contributed by atoms with Crippen LogP contribution in [0.4, 0.5) is 10.1 Å². The summed E-state index contributed by atoms with van der Waals surface area (Å²) in [6, 6.07) is 8.57. The number of hydrogen-bond acceptors (Lipinski definition) is 5. The fraction of sp³-hybridized carbons (Fsp3) is 0.444. The molecule has 0 amide bonds. The van der Waals surface area contributed by atoms with Gasteiger partial charge >= 0.3 is 0 Å². The lowest BCUT2D eigenvalue weighted by Crippen LogP contribution is -2.35. The number of piperidine rings is 1. The van der Waals surface area contributed by atoms with Crippen LogP contribution in [0, 0.1) is 5.82 Å². The van der Waals surface area contributed by atoms with Gasteiger partial charge in [0.1, 0.15) is 17.0 Å². The molecule has 1 unspecified atom stereocenters. The molecule has 2 saturated heterocycles. The number of halogens is 1. The second kappa shape index (κ2) is 7.47. The number of pyridine rings is 1. The molecule has 1 atom stereocenters. The van der Waals surface area contributed by atoms with Gasteiger partial charge < -0.3 is 18.9 Å². The van der Waals surface area contributed by atoms with Gasteiger partial charge in [0.25, 0.3) is 0 Å². The van der Waals surface area contributed by atoms with Crippen LogP contribution in [-0.2, 0) is 0 Å². The minimum absolute atomic E-state index is 0.238. The van der Waals surface area contributed by atoms with Crippen LogP contribution < -0.4 is 14.4 Å². The molecule has 0 radical (unpaired) electrons. The van der Waals surface area contributed by atoms with Crippen molar-refractivity contribution in [2.24, 2.45) is 0 Å². The lowest BCUT2D eigenvalue weighted by molar-refractivity contribution is 0.204. The highest BCUT2D eigenvalue weighted by Gasteiger charge is 2.37. The van der Waals surface area contributed by atoms with E-state index in [2.05, 4.69) is 26.6 Å². The number of methoxy groups -OCH3 is 2. The van der Waals surface area contributed by atoms with Crippen molar-refractivity contribution in [1.29, 1.82) is 0 Å². The van der Waals surface area contributed by atoms with Gasteiger partial charge in [0.15, 0.2) is 11.6 Å². The van der Waals surface area contributed by atoms with E-state index in [0.717, 1.165) is 71.4 Å². The van der Waals surface area contributed by atoms with Crippen LogP contribution in [0.3, 0.4) is 0 Å². The topological polar surface area (TPSA) is 42.8 Å². The molecule has 0 spiro atoms. The van der Waals surface area contributed by atoms with E-state index in [0.29, 0.717) is 23.5 Å². The molecular weight excluding hydrogens is 431 g/mol. The highest BCUT2D eigenvalue weighted by Crippen LogP contribution is 2.50. The van der Waals surface area contributed by atoms with Crippen molar-refractivity contribution in [3.8, 4) is 22.8 Å². The monoisotopic (exact) mass is 460 g/mol. The quantitative estimate of drug-likeness (QED) is 0.407. The normalized spacial score (nSPS) is 21.0. The van der Waals surface area contributed by atoms with Crippen molar-refractivity contribution in [2.45, 2.75) is 44.2 Å². The Balaban J connectivity index is 1.50. The number of ether oxygens (including phenoxy) is 2. The Kier molecular flexibility index (Phi) is 4.47. The van der Waals surface area contributed by atoms with Crippen LogP contribution in [0.1, 0.15) is 38.1 Å². The summed E-state index contributed by atoms with van der Waals surface area (Å²) in [5, 5.41) is 1.84. The van der Waals surface area contributed by atoms with Gasteiger partial charge in [-0.25, -0.2) is 9.37 Å². The molecule has 0 bridgehead atoms. The van der Waals surface area contributed by atoms with Gasteiger partial charge in [0.2, 0.25) is 0 Å². The Labute approximate surface area is 198 Å². The summed E-state index contributed by atoms with van der Waals surface area (Å²) in [4.78, 5) is 9.63. The summed E-state index contributed by atoms with van der Waals surface area (Å²) >= 11 is 0. The molecule has 2 aromatic carbocycles. The third kappa shape index (κ3) is 2.86. The number of hydrogen-bond donors (Lipinski definition) is 0. The Morgan fingerprint density at radius 3 is 2.68 bits per heavy atom. The van der Waals surface area contributed by atoms with Crippen molar-refractivity contribution in [3.63, 3.8) is 0 Å². The van der Waals surface area contributed by atoms with E-state index >= 15 is 4.39 Å². The van der Waals surface area contributed by atoms with Crippen molar-refractivity contribution < 1.29 is 13.9 Å². The fourth-order valence-electron chi connectivity index (χ4n) is 6.18. The number of fused-ring (bicyclic) bond motifs is 6. The second-order valence-electron chi connectivity index (χ2n) is 9.96. The first-order chi connectivity index (χ1) is 16.7. The first kappa shape index (κ1) is 20.3. The van der Waals surface area contributed by atoms with E-state index in [1.165, 1.54) is 19.3 Å². The summed E-state index contributed by atoms with van der Waals surface area (Å²) in [5.74, 6) is 1.12. The Morgan fingerprint density at radius 2 is 1.91 bits per heavy atom. The van der Waals surface area contributed by atoms with Crippen LogP contribution in [0.25, 0.3) is 33.1 Å². The molecule has 0 N–H and O–H groups in total. The molecule has 2 aromatic rings. The Bertz CT molecular complexity index is 1380. The zero-order valence-electron chi connectivity index (χ0n) is 19.7. The molecule has 3 fully saturated rings. The zero-order valence-corrected chi connectivity index (χ0v) is 19.7. The number of rotatable bonds is 4. The van der Waals surface area contributed by atoms with Crippen LogP contribution in [-0.4, -0.2) is 54.5 Å². The predicted octanol–water partition coefficient (Wildman–Crippen LogP) is 5.42. The van der Waals surface area contributed by atoms with Crippen molar-refractivity contribution in [3.05, 3.63) is 36.3 Å². The first-order valence-corrected chi connectivity index (χ1v) is 12.3. The molecule has 7 rings (SSSR count). The molecule has 1 aliphatic carbocycles. The van der Waals surface area contributed by atoms with Crippen molar-refractivity contribution in [1.82, 2.24) is 14.5 Å². The van der Waals surface area contributed by atoms with E-state index in [1.54, 1.807) is 20.3 Å². The minimum Gasteiger partial charge on any atom is -0.494 e. The van der Waals surface area contributed by atoms with E-state index in [1.807, 2.05) is 12.1 Å². The molecule has 4 heterocycles. The van der Waals surface area contributed by atoms with Gasteiger partial charge in [-0.2, -0.15) is 0 Å². The highest BCUT2D eigenvalue weighted by atomic mass is 19.1.